The molecule has 134 valence electrons. The number of benzene rings is 2. The van der Waals surface area contributed by atoms with Gasteiger partial charge in [0.15, 0.2) is 0 Å². The molecule has 9 heteroatoms. The molecule has 1 aromatic heterocycles. The first kappa shape index (κ1) is 17.3. The van der Waals surface area contributed by atoms with Crippen LogP contribution in [0.1, 0.15) is 12.2 Å². The minimum Gasteiger partial charge on any atom is -0.379 e. The number of hydrogen-bond donors (Lipinski definition) is 1. The van der Waals surface area contributed by atoms with Crippen LogP contribution in [0.3, 0.4) is 0 Å². The van der Waals surface area contributed by atoms with Gasteiger partial charge in [-0.25, -0.2) is 4.98 Å². The quantitative estimate of drug-likeness (QED) is 0.393. The molecule has 0 atom stereocenters. The van der Waals surface area contributed by atoms with Crippen LogP contribution in [0.4, 0.5) is 17.1 Å². The van der Waals surface area contributed by atoms with Gasteiger partial charge in [-0.15, -0.1) is 0 Å². The Labute approximate surface area is 148 Å². The summed E-state index contributed by atoms with van der Waals surface area (Å²) in [6.07, 6.45) is 0.718. The fraction of sp³-hybridized carbons (Fsp3) is 0.235. The topological polar surface area (TPSA) is 116 Å². The minimum atomic E-state index is -0.649. The maximum atomic E-state index is 11.1. The van der Waals surface area contributed by atoms with Crippen molar-refractivity contribution >= 4 is 28.1 Å². The molecule has 9 nitrogen and oxygen atoms in total. The number of aryl methyl sites for hydroxylation is 2. The molecule has 0 aliphatic carbocycles. The van der Waals surface area contributed by atoms with Gasteiger partial charge in [0, 0.05) is 19.2 Å². The Bertz CT molecular complexity index is 982. The lowest BCUT2D eigenvalue weighted by molar-refractivity contribution is -0.393. The third-order valence-electron chi connectivity index (χ3n) is 4.11. The third kappa shape index (κ3) is 3.46. The second-order valence-electron chi connectivity index (χ2n) is 5.80. The molecule has 0 fully saturated rings. The number of fused-ring (bicyclic) bond motifs is 1. The number of nitro groups is 2. The SMILES string of the molecule is Cc1nc2ccccc2n1CCCNc1ccc([N+](=O)[O-])cc1[N+](=O)[O-]. The second-order valence-corrected chi connectivity index (χ2v) is 5.80. The van der Waals surface area contributed by atoms with Gasteiger partial charge in [0.25, 0.3) is 11.4 Å². The molecule has 0 spiro atoms. The van der Waals surface area contributed by atoms with Crippen LogP contribution in [0.25, 0.3) is 11.0 Å². The first-order chi connectivity index (χ1) is 12.5. The van der Waals surface area contributed by atoms with E-state index in [1.165, 1.54) is 12.1 Å². The highest BCUT2D eigenvalue weighted by Crippen LogP contribution is 2.28. The van der Waals surface area contributed by atoms with Crippen molar-refractivity contribution in [3.05, 3.63) is 68.5 Å². The van der Waals surface area contributed by atoms with Gasteiger partial charge in [-0.05, 0) is 31.5 Å². The fourth-order valence-corrected chi connectivity index (χ4v) is 2.87. The number of para-hydroxylation sites is 2. The lowest BCUT2D eigenvalue weighted by atomic mass is 10.2. The average molecular weight is 355 g/mol. The molecule has 0 saturated carbocycles. The van der Waals surface area contributed by atoms with Crippen LogP contribution in [0.15, 0.2) is 42.5 Å². The standard InChI is InChI=1S/C17H17N5O4/c1-12-19-15-5-2-3-6-16(15)20(12)10-4-9-18-14-8-7-13(21(23)24)11-17(14)22(25)26/h2-3,5-8,11,18H,4,9-10H2,1H3. The molecular formula is C17H17N5O4. The van der Waals surface area contributed by atoms with Crippen molar-refractivity contribution in [3.8, 4) is 0 Å². The van der Waals surface area contributed by atoms with Gasteiger partial charge >= 0.3 is 0 Å². The summed E-state index contributed by atoms with van der Waals surface area (Å²) in [4.78, 5) is 25.1. The third-order valence-corrected chi connectivity index (χ3v) is 4.11. The lowest BCUT2D eigenvalue weighted by Gasteiger charge is -2.09. The zero-order chi connectivity index (χ0) is 18.7. The van der Waals surface area contributed by atoms with E-state index in [9.17, 15) is 20.2 Å². The average Bonchev–Trinajstić information content (AvgIpc) is 2.93. The van der Waals surface area contributed by atoms with E-state index in [4.69, 9.17) is 0 Å². The van der Waals surface area contributed by atoms with Crippen molar-refractivity contribution in [1.82, 2.24) is 9.55 Å². The van der Waals surface area contributed by atoms with Crippen molar-refractivity contribution < 1.29 is 9.85 Å². The van der Waals surface area contributed by atoms with E-state index in [0.717, 1.165) is 29.3 Å². The zero-order valence-electron chi connectivity index (χ0n) is 14.1. The number of aromatic nitrogens is 2. The number of nitro benzene ring substituents is 2. The van der Waals surface area contributed by atoms with Gasteiger partial charge < -0.3 is 9.88 Å². The van der Waals surface area contributed by atoms with Crippen LogP contribution < -0.4 is 5.32 Å². The highest BCUT2D eigenvalue weighted by molar-refractivity contribution is 5.75. The summed E-state index contributed by atoms with van der Waals surface area (Å²) in [5.41, 5.74) is 1.65. The van der Waals surface area contributed by atoms with Gasteiger partial charge in [-0.3, -0.25) is 20.2 Å². The molecule has 1 N–H and O–H groups in total. The maximum absolute atomic E-state index is 11.1. The highest BCUT2D eigenvalue weighted by Gasteiger charge is 2.19. The van der Waals surface area contributed by atoms with Crippen LogP contribution in [0.5, 0.6) is 0 Å². The van der Waals surface area contributed by atoms with E-state index in [2.05, 4.69) is 14.9 Å². The predicted molar refractivity (Wildman–Crippen MR) is 97.3 cm³/mol. The van der Waals surface area contributed by atoms with Gasteiger partial charge in [0.2, 0.25) is 0 Å². The molecule has 0 aliphatic rings. The summed E-state index contributed by atoms with van der Waals surface area (Å²) in [6, 6.07) is 11.4. The molecule has 0 saturated heterocycles. The van der Waals surface area contributed by atoms with Crippen molar-refractivity contribution in [2.75, 3.05) is 11.9 Å². The molecule has 26 heavy (non-hydrogen) atoms. The van der Waals surface area contributed by atoms with Crippen molar-refractivity contribution in [3.63, 3.8) is 0 Å². The summed E-state index contributed by atoms with van der Waals surface area (Å²) in [5, 5.41) is 24.9. The predicted octanol–water partition coefficient (Wildman–Crippen LogP) is 3.66. The van der Waals surface area contributed by atoms with Crippen molar-refractivity contribution in [1.29, 1.82) is 0 Å². The van der Waals surface area contributed by atoms with Crippen LogP contribution in [0, 0.1) is 27.2 Å². The Morgan fingerprint density at radius 1 is 1.12 bits per heavy atom. The monoisotopic (exact) mass is 355 g/mol. The van der Waals surface area contributed by atoms with Gasteiger partial charge in [-0.1, -0.05) is 12.1 Å². The van der Waals surface area contributed by atoms with E-state index in [1.807, 2.05) is 31.2 Å². The van der Waals surface area contributed by atoms with Crippen LogP contribution in [0.2, 0.25) is 0 Å². The maximum Gasteiger partial charge on any atom is 0.299 e. The second kappa shape index (κ2) is 7.18. The van der Waals surface area contributed by atoms with Crippen LogP contribution >= 0.6 is 0 Å². The van der Waals surface area contributed by atoms with E-state index >= 15 is 0 Å². The van der Waals surface area contributed by atoms with Gasteiger partial charge in [0.05, 0.1) is 26.9 Å². The van der Waals surface area contributed by atoms with E-state index < -0.39 is 9.85 Å². The van der Waals surface area contributed by atoms with E-state index in [0.29, 0.717) is 13.1 Å². The summed E-state index contributed by atoms with van der Waals surface area (Å²) in [5.74, 6) is 0.910. The Morgan fingerprint density at radius 2 is 1.88 bits per heavy atom. The summed E-state index contributed by atoms with van der Waals surface area (Å²) in [6.45, 7) is 3.14. The molecule has 0 unspecified atom stereocenters. The normalized spacial score (nSPS) is 10.8. The molecule has 0 bridgehead atoms. The van der Waals surface area contributed by atoms with E-state index in [1.54, 1.807) is 0 Å². The molecular weight excluding hydrogens is 338 g/mol. The van der Waals surface area contributed by atoms with Gasteiger partial charge in [0.1, 0.15) is 11.5 Å². The number of non-ortho nitro benzene ring substituents is 1. The number of rotatable bonds is 7. The van der Waals surface area contributed by atoms with Crippen LogP contribution in [-0.4, -0.2) is 25.9 Å². The molecule has 0 aliphatic heterocycles. The molecule has 3 rings (SSSR count). The fourth-order valence-electron chi connectivity index (χ4n) is 2.87. The Morgan fingerprint density at radius 3 is 2.62 bits per heavy atom. The van der Waals surface area contributed by atoms with Gasteiger partial charge in [-0.2, -0.15) is 0 Å². The van der Waals surface area contributed by atoms with Crippen LogP contribution in [-0.2, 0) is 6.54 Å². The first-order valence-electron chi connectivity index (χ1n) is 8.06. The van der Waals surface area contributed by atoms with E-state index in [-0.39, 0.29) is 17.1 Å². The number of imidazole rings is 1. The molecule has 3 aromatic rings. The zero-order valence-corrected chi connectivity index (χ0v) is 14.1. The number of anilines is 1. The van der Waals surface area contributed by atoms with Crippen molar-refractivity contribution in [2.24, 2.45) is 0 Å². The molecule has 2 aromatic carbocycles. The number of nitrogens with zero attached hydrogens (tertiary/aromatic N) is 4. The Hall–Kier alpha value is -3.49. The minimum absolute atomic E-state index is 0.271. The highest BCUT2D eigenvalue weighted by atomic mass is 16.6. The lowest BCUT2D eigenvalue weighted by Crippen LogP contribution is -2.09. The largest absolute Gasteiger partial charge is 0.379 e. The summed E-state index contributed by atoms with van der Waals surface area (Å²) < 4.78 is 2.10. The molecule has 1 heterocycles. The number of hydrogen-bond acceptors (Lipinski definition) is 6. The summed E-state index contributed by atoms with van der Waals surface area (Å²) >= 11 is 0. The van der Waals surface area contributed by atoms with Crippen molar-refractivity contribution in [2.45, 2.75) is 19.9 Å². The smallest absolute Gasteiger partial charge is 0.299 e. The Kier molecular flexibility index (Phi) is 4.78. The Balaban J connectivity index is 1.67. The summed E-state index contributed by atoms with van der Waals surface area (Å²) in [7, 11) is 0. The first-order valence-corrected chi connectivity index (χ1v) is 8.06. The molecule has 0 amide bonds. The number of nitrogens with one attached hydrogen (secondary N) is 1. The molecule has 0 radical (unpaired) electrons.